The van der Waals surface area contributed by atoms with E-state index < -0.39 is 0 Å². The number of benzene rings is 3. The van der Waals surface area contributed by atoms with Gasteiger partial charge in [0, 0.05) is 15.2 Å². The number of para-hydroxylation sites is 1. The minimum atomic E-state index is -0.130. The highest BCUT2D eigenvalue weighted by atomic mass is 79.9. The SMILES string of the molecule is O=c1c2cnn(-c3ccccc3)c2cc(-c2ccc(Br)cc2)n1-c1ccc(Cl)cc1. The zero-order valence-electron chi connectivity index (χ0n) is 15.7. The van der Waals surface area contributed by atoms with Crippen molar-refractivity contribution < 1.29 is 0 Å². The standard InChI is InChI=1S/C24H15BrClN3O/c25-17-8-6-16(7-9-17)22-14-23-21(15-27-29(23)20-4-2-1-3-5-20)24(30)28(22)19-12-10-18(26)11-13-19/h1-15H. The number of pyridine rings is 1. The van der Waals surface area contributed by atoms with Crippen LogP contribution in [0.25, 0.3) is 33.5 Å². The first-order valence-corrected chi connectivity index (χ1v) is 10.5. The summed E-state index contributed by atoms with van der Waals surface area (Å²) < 4.78 is 4.48. The predicted octanol–water partition coefficient (Wildman–Crippen LogP) is 6.26. The lowest BCUT2D eigenvalue weighted by atomic mass is 10.1. The predicted molar refractivity (Wildman–Crippen MR) is 125 cm³/mol. The molecule has 0 N–H and O–H groups in total. The number of aromatic nitrogens is 3. The Hall–Kier alpha value is -3.15. The van der Waals surface area contributed by atoms with Crippen LogP contribution >= 0.6 is 27.5 Å². The Balaban J connectivity index is 1.85. The summed E-state index contributed by atoms with van der Waals surface area (Å²) in [6, 6.07) is 27.0. The second kappa shape index (κ2) is 7.59. The number of hydrogen-bond acceptors (Lipinski definition) is 2. The summed E-state index contributed by atoms with van der Waals surface area (Å²) in [5.41, 5.74) is 3.98. The molecule has 0 spiro atoms. The molecule has 0 aliphatic heterocycles. The van der Waals surface area contributed by atoms with E-state index in [0.717, 1.165) is 32.6 Å². The summed E-state index contributed by atoms with van der Waals surface area (Å²) in [5.74, 6) is 0. The third kappa shape index (κ3) is 3.26. The average molecular weight is 477 g/mol. The lowest BCUT2D eigenvalue weighted by Crippen LogP contribution is -2.20. The Morgan fingerprint density at radius 2 is 1.53 bits per heavy atom. The zero-order valence-corrected chi connectivity index (χ0v) is 18.0. The van der Waals surface area contributed by atoms with Gasteiger partial charge in [-0.1, -0.05) is 57.9 Å². The topological polar surface area (TPSA) is 39.8 Å². The van der Waals surface area contributed by atoms with Crippen LogP contribution in [0.1, 0.15) is 0 Å². The van der Waals surface area contributed by atoms with E-state index in [9.17, 15) is 4.79 Å². The van der Waals surface area contributed by atoms with Gasteiger partial charge in [-0.15, -0.1) is 0 Å². The molecule has 0 unspecified atom stereocenters. The average Bonchev–Trinajstić information content (AvgIpc) is 3.20. The maximum absolute atomic E-state index is 13.6. The molecule has 5 aromatic rings. The fraction of sp³-hybridized carbons (Fsp3) is 0. The molecule has 0 fully saturated rings. The maximum Gasteiger partial charge on any atom is 0.266 e. The number of rotatable bonds is 3. The van der Waals surface area contributed by atoms with Gasteiger partial charge in [0.25, 0.3) is 5.56 Å². The molecular formula is C24H15BrClN3O. The molecule has 0 saturated carbocycles. The molecule has 6 heteroatoms. The van der Waals surface area contributed by atoms with Gasteiger partial charge in [-0.2, -0.15) is 5.10 Å². The Bertz CT molecular complexity index is 1410. The number of nitrogens with zero attached hydrogens (tertiary/aromatic N) is 3. The first kappa shape index (κ1) is 18.9. The van der Waals surface area contributed by atoms with E-state index in [4.69, 9.17) is 11.6 Å². The molecule has 0 aliphatic rings. The summed E-state index contributed by atoms with van der Waals surface area (Å²) in [7, 11) is 0. The molecule has 2 heterocycles. The van der Waals surface area contributed by atoms with Crippen LogP contribution in [-0.2, 0) is 0 Å². The van der Waals surface area contributed by atoms with Crippen LogP contribution in [0, 0.1) is 0 Å². The highest BCUT2D eigenvalue weighted by molar-refractivity contribution is 9.10. The van der Waals surface area contributed by atoms with Crippen LogP contribution in [0.3, 0.4) is 0 Å². The van der Waals surface area contributed by atoms with Crippen molar-refractivity contribution in [2.24, 2.45) is 0 Å². The summed E-state index contributed by atoms with van der Waals surface area (Å²) in [6.07, 6.45) is 1.63. The van der Waals surface area contributed by atoms with Crippen molar-refractivity contribution in [3.63, 3.8) is 0 Å². The van der Waals surface area contributed by atoms with Crippen molar-refractivity contribution in [1.82, 2.24) is 14.3 Å². The van der Waals surface area contributed by atoms with Crippen molar-refractivity contribution in [1.29, 1.82) is 0 Å². The Morgan fingerprint density at radius 3 is 2.23 bits per heavy atom. The van der Waals surface area contributed by atoms with Gasteiger partial charge in [0.05, 0.1) is 28.5 Å². The summed E-state index contributed by atoms with van der Waals surface area (Å²) in [5, 5.41) is 5.67. The van der Waals surface area contributed by atoms with Gasteiger partial charge in [0.15, 0.2) is 0 Å². The van der Waals surface area contributed by atoms with E-state index in [1.165, 1.54) is 0 Å². The molecule has 0 radical (unpaired) electrons. The molecule has 146 valence electrons. The molecule has 0 atom stereocenters. The maximum atomic E-state index is 13.6. The van der Waals surface area contributed by atoms with Crippen LogP contribution in [0.2, 0.25) is 5.02 Å². The monoisotopic (exact) mass is 475 g/mol. The van der Waals surface area contributed by atoms with E-state index in [2.05, 4.69) is 21.0 Å². The van der Waals surface area contributed by atoms with Gasteiger partial charge in [-0.3, -0.25) is 9.36 Å². The highest BCUT2D eigenvalue weighted by Crippen LogP contribution is 2.28. The summed E-state index contributed by atoms with van der Waals surface area (Å²) in [6.45, 7) is 0. The highest BCUT2D eigenvalue weighted by Gasteiger charge is 2.17. The molecule has 0 amide bonds. The molecular weight excluding hydrogens is 462 g/mol. The number of fused-ring (bicyclic) bond motifs is 1. The van der Waals surface area contributed by atoms with Crippen LogP contribution in [-0.4, -0.2) is 14.3 Å². The van der Waals surface area contributed by atoms with E-state index in [-0.39, 0.29) is 5.56 Å². The fourth-order valence-corrected chi connectivity index (χ4v) is 3.93. The first-order valence-electron chi connectivity index (χ1n) is 9.33. The minimum Gasteiger partial charge on any atom is -0.276 e. The van der Waals surface area contributed by atoms with Crippen molar-refractivity contribution in [2.45, 2.75) is 0 Å². The molecule has 5 rings (SSSR count). The van der Waals surface area contributed by atoms with Gasteiger partial charge in [-0.05, 0) is 60.2 Å². The molecule has 0 aliphatic carbocycles. The Labute approximate surface area is 186 Å². The smallest absolute Gasteiger partial charge is 0.266 e. The van der Waals surface area contributed by atoms with Crippen LogP contribution in [0.5, 0.6) is 0 Å². The largest absolute Gasteiger partial charge is 0.276 e. The quantitative estimate of drug-likeness (QED) is 0.308. The number of halogens is 2. The van der Waals surface area contributed by atoms with Gasteiger partial charge < -0.3 is 0 Å². The normalized spacial score (nSPS) is 11.1. The fourth-order valence-electron chi connectivity index (χ4n) is 3.54. The second-order valence-corrected chi connectivity index (χ2v) is 8.20. The van der Waals surface area contributed by atoms with Crippen molar-refractivity contribution in [3.05, 3.63) is 111 Å². The molecule has 3 aromatic carbocycles. The minimum absolute atomic E-state index is 0.130. The number of hydrogen-bond donors (Lipinski definition) is 0. The van der Waals surface area contributed by atoms with Crippen LogP contribution in [0.15, 0.2) is 100 Å². The lowest BCUT2D eigenvalue weighted by Gasteiger charge is -2.15. The van der Waals surface area contributed by atoms with E-state index in [0.29, 0.717) is 10.4 Å². The molecule has 0 bridgehead atoms. The van der Waals surface area contributed by atoms with E-state index >= 15 is 0 Å². The van der Waals surface area contributed by atoms with E-state index in [1.807, 2.05) is 72.8 Å². The summed E-state index contributed by atoms with van der Waals surface area (Å²) in [4.78, 5) is 13.6. The third-order valence-electron chi connectivity index (χ3n) is 4.98. The van der Waals surface area contributed by atoms with Crippen molar-refractivity contribution in [2.75, 3.05) is 0 Å². The summed E-state index contributed by atoms with van der Waals surface area (Å²) >= 11 is 9.56. The zero-order chi connectivity index (χ0) is 20.7. The second-order valence-electron chi connectivity index (χ2n) is 6.84. The van der Waals surface area contributed by atoms with E-state index in [1.54, 1.807) is 27.6 Å². The molecule has 4 nitrogen and oxygen atoms in total. The van der Waals surface area contributed by atoms with Gasteiger partial charge in [-0.25, -0.2) is 4.68 Å². The molecule has 0 saturated heterocycles. The molecule has 30 heavy (non-hydrogen) atoms. The first-order chi connectivity index (χ1) is 14.6. The Kier molecular flexibility index (Phi) is 4.77. The Morgan fingerprint density at radius 1 is 0.833 bits per heavy atom. The van der Waals surface area contributed by atoms with Crippen LogP contribution < -0.4 is 5.56 Å². The lowest BCUT2D eigenvalue weighted by molar-refractivity contribution is 0.909. The van der Waals surface area contributed by atoms with Gasteiger partial charge in [0.1, 0.15) is 0 Å². The van der Waals surface area contributed by atoms with Crippen molar-refractivity contribution in [3.8, 4) is 22.6 Å². The third-order valence-corrected chi connectivity index (χ3v) is 5.76. The van der Waals surface area contributed by atoms with Gasteiger partial charge in [0.2, 0.25) is 0 Å². The van der Waals surface area contributed by atoms with Gasteiger partial charge >= 0.3 is 0 Å². The van der Waals surface area contributed by atoms with Crippen LogP contribution in [0.4, 0.5) is 0 Å². The molecule has 2 aromatic heterocycles. The van der Waals surface area contributed by atoms with Crippen molar-refractivity contribution >= 4 is 38.4 Å².